The zero-order valence-electron chi connectivity index (χ0n) is 19.0. The molecule has 5 rings (SSSR count). The predicted molar refractivity (Wildman–Crippen MR) is 141 cm³/mol. The normalized spacial score (nSPS) is 20.2. The van der Waals surface area contributed by atoms with E-state index in [4.69, 9.17) is 5.73 Å². The fraction of sp³-hybridized carbons (Fsp3) is 0.440. The van der Waals surface area contributed by atoms with Crippen LogP contribution in [0.15, 0.2) is 45.3 Å². The van der Waals surface area contributed by atoms with E-state index in [0.717, 1.165) is 66.5 Å². The molecule has 0 atom stereocenters. The van der Waals surface area contributed by atoms with Crippen molar-refractivity contribution >= 4 is 55.2 Å². The number of urea groups is 1. The van der Waals surface area contributed by atoms with Gasteiger partial charge in [0.15, 0.2) is 0 Å². The van der Waals surface area contributed by atoms with Crippen LogP contribution in [-0.4, -0.2) is 64.9 Å². The molecule has 3 aliphatic heterocycles. The minimum atomic E-state index is 0.0184. The van der Waals surface area contributed by atoms with Crippen molar-refractivity contribution in [3.63, 3.8) is 0 Å². The van der Waals surface area contributed by atoms with E-state index in [9.17, 15) is 9.59 Å². The average Bonchev–Trinajstić information content (AvgIpc) is 2.86. The minimum absolute atomic E-state index is 0.0184. The molecule has 3 aliphatic rings. The second kappa shape index (κ2) is 9.87. The molecule has 0 spiro atoms. The van der Waals surface area contributed by atoms with E-state index in [1.54, 1.807) is 12.1 Å². The summed E-state index contributed by atoms with van der Waals surface area (Å²) in [5.74, 6) is 0.0509. The van der Waals surface area contributed by atoms with Crippen molar-refractivity contribution in [2.75, 3.05) is 37.2 Å². The van der Waals surface area contributed by atoms with Gasteiger partial charge in [-0.25, -0.2) is 4.79 Å². The summed E-state index contributed by atoms with van der Waals surface area (Å²) >= 11 is 6.87. The lowest BCUT2D eigenvalue weighted by Crippen LogP contribution is -2.53. The summed E-state index contributed by atoms with van der Waals surface area (Å²) in [6, 6.07) is 12.4. The molecular weight excluding hydrogens is 562 g/mol. The van der Waals surface area contributed by atoms with Gasteiger partial charge in [-0.15, -0.1) is 0 Å². The van der Waals surface area contributed by atoms with E-state index in [-0.39, 0.29) is 18.0 Å². The molecule has 2 aromatic rings. The number of carbonyl (C=O) groups is 2. The van der Waals surface area contributed by atoms with Gasteiger partial charge in [0.05, 0.1) is 5.69 Å². The van der Waals surface area contributed by atoms with Gasteiger partial charge in [0.1, 0.15) is 0 Å². The first-order valence-electron chi connectivity index (χ1n) is 11.8. The van der Waals surface area contributed by atoms with Crippen LogP contribution < -0.4 is 11.1 Å². The second-order valence-electron chi connectivity index (χ2n) is 9.36. The molecule has 7 nitrogen and oxygen atoms in total. The van der Waals surface area contributed by atoms with Gasteiger partial charge < -0.3 is 25.8 Å². The Morgan fingerprint density at radius 3 is 2.24 bits per heavy atom. The number of para-hydroxylation sites is 1. The third kappa shape index (κ3) is 4.70. The highest BCUT2D eigenvalue weighted by atomic mass is 79.9. The van der Waals surface area contributed by atoms with E-state index in [2.05, 4.69) is 48.1 Å². The van der Waals surface area contributed by atoms with Crippen LogP contribution in [0.25, 0.3) is 0 Å². The molecule has 0 aromatic heterocycles. The highest BCUT2D eigenvalue weighted by molar-refractivity contribution is 9.11. The molecule has 3 amide bonds. The highest BCUT2D eigenvalue weighted by Gasteiger charge is 2.34. The minimum Gasteiger partial charge on any atom is -0.397 e. The van der Waals surface area contributed by atoms with Gasteiger partial charge in [0.2, 0.25) is 0 Å². The van der Waals surface area contributed by atoms with E-state index in [1.807, 2.05) is 28.0 Å². The monoisotopic (exact) mass is 589 g/mol. The molecule has 2 fully saturated rings. The SMILES string of the molecule is Nc1c(Br)cc(C(=O)N2CCC(N3CCC(N4Cc5ccccc5NC4=O)CC3)CC2)cc1Br. The molecule has 3 heterocycles. The summed E-state index contributed by atoms with van der Waals surface area (Å²) in [4.78, 5) is 32.2. The van der Waals surface area contributed by atoms with Crippen molar-refractivity contribution in [3.05, 3.63) is 56.5 Å². The topological polar surface area (TPSA) is 81.9 Å². The number of benzene rings is 2. The number of carbonyl (C=O) groups excluding carboxylic acids is 2. The molecule has 2 aromatic carbocycles. The maximum Gasteiger partial charge on any atom is 0.322 e. The first-order chi connectivity index (χ1) is 16.4. The van der Waals surface area contributed by atoms with Crippen molar-refractivity contribution in [2.45, 2.75) is 44.3 Å². The maximum atomic E-state index is 13.0. The van der Waals surface area contributed by atoms with E-state index < -0.39 is 0 Å². The molecule has 2 saturated heterocycles. The molecule has 0 radical (unpaired) electrons. The van der Waals surface area contributed by atoms with Crippen molar-refractivity contribution in [1.29, 1.82) is 0 Å². The largest absolute Gasteiger partial charge is 0.397 e. The standard InChI is InChI=1S/C25H29Br2N5O2/c26-20-13-17(14-21(27)23(20)28)24(33)31-11-5-18(6-12-31)30-9-7-19(8-10-30)32-15-16-3-1-2-4-22(16)29-25(32)34/h1-4,13-14,18-19H,5-12,15,28H2,(H,29,34). The van der Waals surface area contributed by atoms with Crippen LogP contribution in [0, 0.1) is 0 Å². The van der Waals surface area contributed by atoms with Crippen LogP contribution in [0.3, 0.4) is 0 Å². The third-order valence-corrected chi connectivity index (χ3v) is 8.71. The number of nitrogen functional groups attached to an aromatic ring is 1. The van der Waals surface area contributed by atoms with Crippen LogP contribution in [0.4, 0.5) is 16.2 Å². The smallest absolute Gasteiger partial charge is 0.322 e. The zero-order chi connectivity index (χ0) is 23.8. The number of rotatable bonds is 3. The molecule has 34 heavy (non-hydrogen) atoms. The second-order valence-corrected chi connectivity index (χ2v) is 11.1. The van der Waals surface area contributed by atoms with Gasteiger partial charge in [0.25, 0.3) is 5.91 Å². The number of hydrogen-bond donors (Lipinski definition) is 2. The Kier molecular flexibility index (Phi) is 6.86. The van der Waals surface area contributed by atoms with E-state index in [1.165, 1.54) is 5.56 Å². The Morgan fingerprint density at radius 2 is 1.56 bits per heavy atom. The average molecular weight is 591 g/mol. The Balaban J connectivity index is 1.13. The lowest BCUT2D eigenvalue weighted by Gasteiger charge is -2.44. The highest BCUT2D eigenvalue weighted by Crippen LogP contribution is 2.32. The Labute approximate surface area is 216 Å². The number of likely N-dealkylation sites (tertiary alicyclic amines) is 2. The Morgan fingerprint density at radius 1 is 0.941 bits per heavy atom. The fourth-order valence-electron chi connectivity index (χ4n) is 5.40. The van der Waals surface area contributed by atoms with Crippen molar-refractivity contribution < 1.29 is 9.59 Å². The van der Waals surface area contributed by atoms with Gasteiger partial charge in [-0.2, -0.15) is 0 Å². The number of piperidine rings is 2. The number of anilines is 2. The molecule has 9 heteroatoms. The van der Waals surface area contributed by atoms with Crippen molar-refractivity contribution in [3.8, 4) is 0 Å². The quantitative estimate of drug-likeness (QED) is 0.498. The number of halogens is 2. The van der Waals surface area contributed by atoms with Crippen LogP contribution in [0.1, 0.15) is 41.6 Å². The molecule has 3 N–H and O–H groups in total. The molecule has 180 valence electrons. The summed E-state index contributed by atoms with van der Waals surface area (Å²) in [5.41, 5.74) is 9.33. The molecule has 0 bridgehead atoms. The van der Waals surface area contributed by atoms with Gasteiger partial charge in [-0.3, -0.25) is 4.79 Å². The summed E-state index contributed by atoms with van der Waals surface area (Å²) in [5, 5.41) is 3.04. The number of nitrogens with zero attached hydrogens (tertiary/aromatic N) is 3. The van der Waals surface area contributed by atoms with Gasteiger partial charge >= 0.3 is 6.03 Å². The Hall–Kier alpha value is -2.10. The molecule has 0 unspecified atom stereocenters. The van der Waals surface area contributed by atoms with E-state index in [0.29, 0.717) is 23.8 Å². The van der Waals surface area contributed by atoms with Crippen LogP contribution in [0.2, 0.25) is 0 Å². The van der Waals surface area contributed by atoms with Gasteiger partial charge in [-0.05, 0) is 81.3 Å². The molecular formula is C25H29Br2N5O2. The first-order valence-corrected chi connectivity index (χ1v) is 13.4. The van der Waals surface area contributed by atoms with Crippen molar-refractivity contribution in [2.24, 2.45) is 0 Å². The van der Waals surface area contributed by atoms with E-state index >= 15 is 0 Å². The number of fused-ring (bicyclic) bond motifs is 1. The molecule has 0 saturated carbocycles. The first kappa shape index (κ1) is 23.6. The molecule has 0 aliphatic carbocycles. The summed E-state index contributed by atoms with van der Waals surface area (Å²) in [6.07, 6.45) is 3.93. The fourth-order valence-corrected chi connectivity index (χ4v) is 6.59. The Bertz CT molecular complexity index is 1070. The summed E-state index contributed by atoms with van der Waals surface area (Å²) < 4.78 is 1.46. The van der Waals surface area contributed by atoms with Gasteiger partial charge in [-0.1, -0.05) is 18.2 Å². The number of nitrogens with two attached hydrogens (primary N) is 1. The van der Waals surface area contributed by atoms with Gasteiger partial charge in [0, 0.05) is 65.0 Å². The predicted octanol–water partition coefficient (Wildman–Crippen LogP) is 4.91. The number of amides is 3. The number of hydrogen-bond acceptors (Lipinski definition) is 4. The van der Waals surface area contributed by atoms with Crippen LogP contribution >= 0.6 is 31.9 Å². The zero-order valence-corrected chi connectivity index (χ0v) is 22.1. The summed E-state index contributed by atoms with van der Waals surface area (Å²) in [7, 11) is 0. The van der Waals surface area contributed by atoms with Crippen LogP contribution in [0.5, 0.6) is 0 Å². The lowest BCUT2D eigenvalue weighted by atomic mass is 9.96. The number of nitrogens with one attached hydrogen (secondary N) is 1. The van der Waals surface area contributed by atoms with Crippen LogP contribution in [-0.2, 0) is 6.54 Å². The third-order valence-electron chi connectivity index (χ3n) is 7.39. The lowest BCUT2D eigenvalue weighted by molar-refractivity contribution is 0.0505. The summed E-state index contributed by atoms with van der Waals surface area (Å²) in [6.45, 7) is 4.19. The van der Waals surface area contributed by atoms with Crippen molar-refractivity contribution in [1.82, 2.24) is 14.7 Å². The maximum absolute atomic E-state index is 13.0.